The Morgan fingerprint density at radius 2 is 1.72 bits per heavy atom. The predicted molar refractivity (Wildman–Crippen MR) is 126 cm³/mol. The number of hydrogen-bond donors (Lipinski definition) is 2. The molecule has 0 amide bonds. The molecule has 3 aromatic rings. The molecule has 2 N–H and O–H groups in total. The van der Waals surface area contributed by atoms with E-state index in [-0.39, 0.29) is 16.8 Å². The molecule has 32 heavy (non-hydrogen) atoms. The molecular formula is C26H29FN4O. The molecule has 4 rings (SSSR count). The van der Waals surface area contributed by atoms with Crippen LogP contribution in [0.1, 0.15) is 36.5 Å². The highest BCUT2D eigenvalue weighted by Gasteiger charge is 2.45. The van der Waals surface area contributed by atoms with Crippen LogP contribution >= 0.6 is 0 Å². The van der Waals surface area contributed by atoms with E-state index in [4.69, 9.17) is 4.99 Å². The van der Waals surface area contributed by atoms with E-state index in [2.05, 4.69) is 10.6 Å². The van der Waals surface area contributed by atoms with E-state index in [1.807, 2.05) is 49.4 Å². The quantitative estimate of drug-likeness (QED) is 0.420. The summed E-state index contributed by atoms with van der Waals surface area (Å²) in [5.41, 5.74) is 2.79. The minimum absolute atomic E-state index is 0.00801. The van der Waals surface area contributed by atoms with Crippen molar-refractivity contribution in [3.63, 3.8) is 0 Å². The summed E-state index contributed by atoms with van der Waals surface area (Å²) in [5.74, 6) is 0.599. The molecule has 0 bridgehead atoms. The van der Waals surface area contributed by atoms with Crippen molar-refractivity contribution < 1.29 is 4.39 Å². The van der Waals surface area contributed by atoms with Gasteiger partial charge in [-0.05, 0) is 48.6 Å². The highest BCUT2D eigenvalue weighted by molar-refractivity contribution is 5.80. The Bertz CT molecular complexity index is 1130. The monoisotopic (exact) mass is 432 g/mol. The normalized spacial score (nSPS) is 14.8. The van der Waals surface area contributed by atoms with Gasteiger partial charge in [0, 0.05) is 30.8 Å². The molecule has 5 nitrogen and oxygen atoms in total. The zero-order chi connectivity index (χ0) is 22.4. The number of hydrogen-bond acceptors (Lipinski definition) is 2. The lowest BCUT2D eigenvalue weighted by atomic mass is 9.95. The van der Waals surface area contributed by atoms with Crippen molar-refractivity contribution in [3.8, 4) is 0 Å². The third-order valence-corrected chi connectivity index (χ3v) is 5.93. The Labute approximate surface area is 188 Å². The molecule has 0 aliphatic heterocycles. The molecule has 1 heterocycles. The molecule has 1 fully saturated rings. The van der Waals surface area contributed by atoms with Gasteiger partial charge in [-0.3, -0.25) is 4.79 Å². The van der Waals surface area contributed by atoms with Crippen LogP contribution in [0.15, 0.2) is 82.7 Å². The first-order valence-corrected chi connectivity index (χ1v) is 11.1. The van der Waals surface area contributed by atoms with Crippen LogP contribution in [0.5, 0.6) is 0 Å². The summed E-state index contributed by atoms with van der Waals surface area (Å²) in [6.45, 7) is 4.52. The van der Waals surface area contributed by atoms with E-state index in [9.17, 15) is 9.18 Å². The van der Waals surface area contributed by atoms with Crippen LogP contribution in [0, 0.1) is 5.82 Å². The van der Waals surface area contributed by atoms with Crippen molar-refractivity contribution in [3.05, 3.63) is 106 Å². The van der Waals surface area contributed by atoms with Crippen LogP contribution in [0.2, 0.25) is 0 Å². The third kappa shape index (κ3) is 5.25. The fourth-order valence-electron chi connectivity index (χ4n) is 3.89. The molecule has 1 saturated carbocycles. The number of nitrogens with zero attached hydrogens (tertiary/aromatic N) is 2. The summed E-state index contributed by atoms with van der Waals surface area (Å²) in [4.78, 5) is 16.6. The molecule has 1 aliphatic rings. The van der Waals surface area contributed by atoms with Crippen LogP contribution in [-0.4, -0.2) is 23.6 Å². The first-order chi connectivity index (χ1) is 15.6. The summed E-state index contributed by atoms with van der Waals surface area (Å²) in [5, 5.41) is 6.68. The van der Waals surface area contributed by atoms with Gasteiger partial charge in [-0.1, -0.05) is 48.5 Å². The zero-order valence-electron chi connectivity index (χ0n) is 18.4. The van der Waals surface area contributed by atoms with E-state index < -0.39 is 0 Å². The largest absolute Gasteiger partial charge is 0.357 e. The van der Waals surface area contributed by atoms with E-state index in [1.165, 1.54) is 6.07 Å². The van der Waals surface area contributed by atoms with Crippen LogP contribution in [0.3, 0.4) is 0 Å². The third-order valence-electron chi connectivity index (χ3n) is 5.93. The molecule has 2 aromatic carbocycles. The average Bonchev–Trinajstić information content (AvgIpc) is 3.59. The maximum absolute atomic E-state index is 14.3. The van der Waals surface area contributed by atoms with E-state index in [0.29, 0.717) is 19.6 Å². The van der Waals surface area contributed by atoms with Crippen molar-refractivity contribution in [1.82, 2.24) is 15.2 Å². The van der Waals surface area contributed by atoms with Gasteiger partial charge >= 0.3 is 0 Å². The second-order valence-corrected chi connectivity index (χ2v) is 8.29. The molecule has 1 aromatic heterocycles. The van der Waals surface area contributed by atoms with Crippen molar-refractivity contribution >= 4 is 5.96 Å². The minimum atomic E-state index is -0.140. The maximum Gasteiger partial charge on any atom is 0.250 e. The number of benzene rings is 2. The molecule has 0 saturated heterocycles. The van der Waals surface area contributed by atoms with Crippen LogP contribution in [0.25, 0.3) is 0 Å². The summed E-state index contributed by atoms with van der Waals surface area (Å²) in [6, 6.07) is 20.4. The topological polar surface area (TPSA) is 58.4 Å². The Morgan fingerprint density at radius 1 is 1.00 bits per heavy atom. The van der Waals surface area contributed by atoms with Gasteiger partial charge in [0.1, 0.15) is 5.82 Å². The van der Waals surface area contributed by atoms with Gasteiger partial charge in [-0.25, -0.2) is 9.38 Å². The lowest BCUT2D eigenvalue weighted by Crippen LogP contribution is -2.41. The second kappa shape index (κ2) is 9.81. The van der Waals surface area contributed by atoms with Crippen molar-refractivity contribution in [2.75, 3.05) is 13.1 Å². The molecular weight excluding hydrogens is 403 g/mol. The summed E-state index contributed by atoms with van der Waals surface area (Å²) >= 11 is 0. The predicted octanol–water partition coefficient (Wildman–Crippen LogP) is 3.82. The first-order valence-electron chi connectivity index (χ1n) is 11.1. The van der Waals surface area contributed by atoms with Gasteiger partial charge < -0.3 is 15.2 Å². The number of nitrogens with one attached hydrogen (secondary N) is 2. The number of aliphatic imine (C=N–C) groups is 1. The highest BCUT2D eigenvalue weighted by Crippen LogP contribution is 2.48. The molecule has 0 spiro atoms. The highest BCUT2D eigenvalue weighted by atomic mass is 19.1. The van der Waals surface area contributed by atoms with Crippen molar-refractivity contribution in [2.45, 2.75) is 38.3 Å². The van der Waals surface area contributed by atoms with Gasteiger partial charge in [-0.2, -0.15) is 0 Å². The van der Waals surface area contributed by atoms with Crippen molar-refractivity contribution in [2.24, 2.45) is 4.99 Å². The molecule has 0 radical (unpaired) electrons. The van der Waals surface area contributed by atoms with Crippen LogP contribution in [0.4, 0.5) is 4.39 Å². The SMILES string of the molecule is CCNC(=NCc1ccc(Cn2ccccc2=O)cc1)NCC1(c2ccccc2F)CC1. The second-order valence-electron chi connectivity index (χ2n) is 8.29. The number of aromatic nitrogens is 1. The fraction of sp³-hybridized carbons (Fsp3) is 0.308. The first kappa shape index (κ1) is 21.8. The van der Waals surface area contributed by atoms with Crippen LogP contribution in [-0.2, 0) is 18.5 Å². The van der Waals surface area contributed by atoms with E-state index in [0.717, 1.165) is 42.0 Å². The van der Waals surface area contributed by atoms with Gasteiger partial charge in [0.25, 0.3) is 5.56 Å². The smallest absolute Gasteiger partial charge is 0.250 e. The lowest BCUT2D eigenvalue weighted by molar-refractivity contribution is 0.559. The standard InChI is InChI=1S/C26H29FN4O/c1-2-28-25(30-19-26(14-15-26)22-7-3-4-8-23(22)27)29-17-20-10-12-21(13-11-20)18-31-16-6-5-9-24(31)32/h3-13,16H,2,14-15,17-19H2,1H3,(H2,28,29,30). The van der Waals surface area contributed by atoms with Crippen molar-refractivity contribution in [1.29, 1.82) is 0 Å². The molecule has 166 valence electrons. The fourth-order valence-corrected chi connectivity index (χ4v) is 3.89. The number of halogens is 1. The molecule has 0 atom stereocenters. The van der Waals surface area contributed by atoms with E-state index >= 15 is 0 Å². The van der Waals surface area contributed by atoms with Gasteiger partial charge in [0.15, 0.2) is 5.96 Å². The van der Waals surface area contributed by atoms with E-state index in [1.54, 1.807) is 29.0 Å². The van der Waals surface area contributed by atoms with Crippen LogP contribution < -0.4 is 16.2 Å². The van der Waals surface area contributed by atoms with Gasteiger partial charge in [0.05, 0.1) is 13.1 Å². The molecule has 0 unspecified atom stereocenters. The Kier molecular flexibility index (Phi) is 6.69. The van der Waals surface area contributed by atoms with Gasteiger partial charge in [0.2, 0.25) is 0 Å². The lowest BCUT2D eigenvalue weighted by Gasteiger charge is -2.19. The average molecular weight is 433 g/mol. The Morgan fingerprint density at radius 3 is 2.41 bits per heavy atom. The van der Waals surface area contributed by atoms with Gasteiger partial charge in [-0.15, -0.1) is 0 Å². The maximum atomic E-state index is 14.3. The molecule has 6 heteroatoms. The number of pyridine rings is 1. The zero-order valence-corrected chi connectivity index (χ0v) is 18.4. The summed E-state index contributed by atoms with van der Waals surface area (Å²) < 4.78 is 16.0. The Hall–Kier alpha value is -3.41. The molecule has 1 aliphatic carbocycles. The Balaban J connectivity index is 1.37. The number of rotatable bonds is 8. The minimum Gasteiger partial charge on any atom is -0.357 e. The summed E-state index contributed by atoms with van der Waals surface area (Å²) in [7, 11) is 0. The number of guanidine groups is 1. The summed E-state index contributed by atoms with van der Waals surface area (Å²) in [6.07, 6.45) is 3.75.